The van der Waals surface area contributed by atoms with Crippen molar-refractivity contribution in [3.8, 4) is 5.75 Å². The van der Waals surface area contributed by atoms with E-state index in [1.807, 2.05) is 25.1 Å². The zero-order chi connectivity index (χ0) is 32.3. The van der Waals surface area contributed by atoms with Crippen LogP contribution in [0.15, 0.2) is 66.7 Å². The van der Waals surface area contributed by atoms with Crippen molar-refractivity contribution in [1.82, 2.24) is 4.98 Å². The van der Waals surface area contributed by atoms with Crippen LogP contribution in [0.1, 0.15) is 31.3 Å². The molecule has 0 aliphatic carbocycles. The molecule has 0 radical (unpaired) electrons. The normalized spacial score (nSPS) is 10.5. The van der Waals surface area contributed by atoms with Gasteiger partial charge in [0.15, 0.2) is 5.01 Å². The summed E-state index contributed by atoms with van der Waals surface area (Å²) in [6.07, 6.45) is -5.08. The second kappa shape index (κ2) is 15.3. The van der Waals surface area contributed by atoms with E-state index in [1.165, 1.54) is 16.2 Å². The minimum absolute atomic E-state index is 0.317. The van der Waals surface area contributed by atoms with E-state index in [1.54, 1.807) is 55.6 Å². The minimum atomic E-state index is -5.08. The number of thiazole rings is 1. The lowest BCUT2D eigenvalue weighted by atomic mass is 10.1. The number of ether oxygens (including phenoxy) is 1. The van der Waals surface area contributed by atoms with Gasteiger partial charge in [0.25, 0.3) is 11.8 Å². The van der Waals surface area contributed by atoms with E-state index < -0.39 is 30.6 Å². The molecule has 0 atom stereocenters. The Balaban J connectivity index is 0.000000255. The third kappa shape index (κ3) is 9.79. The van der Waals surface area contributed by atoms with Crippen molar-refractivity contribution < 1.29 is 47.3 Å². The van der Waals surface area contributed by atoms with Gasteiger partial charge in [0.05, 0.1) is 11.8 Å². The van der Waals surface area contributed by atoms with E-state index in [2.05, 4.69) is 4.98 Å². The summed E-state index contributed by atoms with van der Waals surface area (Å²) in [6, 6.07) is 19.4. The van der Waals surface area contributed by atoms with Crippen LogP contribution < -0.4 is 21.1 Å². The third-order valence-corrected chi connectivity index (χ3v) is 6.60. The highest BCUT2D eigenvalue weighted by molar-refractivity contribution is 7.20. The van der Waals surface area contributed by atoms with Gasteiger partial charge in [0, 0.05) is 17.8 Å². The maximum atomic E-state index is 12.5. The first-order chi connectivity index (χ1) is 20.2. The lowest BCUT2D eigenvalue weighted by Gasteiger charge is -2.21. The van der Waals surface area contributed by atoms with Crippen molar-refractivity contribution in [2.45, 2.75) is 19.6 Å². The number of alkyl halides is 3. The Morgan fingerprint density at radius 1 is 1.00 bits per heavy atom. The lowest BCUT2D eigenvalue weighted by molar-refractivity contribution is -0.192. The Morgan fingerprint density at radius 2 is 1.63 bits per heavy atom. The van der Waals surface area contributed by atoms with Gasteiger partial charge in [-0.3, -0.25) is 19.3 Å². The monoisotopic (exact) mass is 620 g/mol. The lowest BCUT2D eigenvalue weighted by Crippen LogP contribution is -2.35. The number of carboxylic acid groups (broad SMARTS) is 2. The molecule has 228 valence electrons. The molecular formula is C28H27F3N4O7S. The summed E-state index contributed by atoms with van der Waals surface area (Å²) in [5.41, 5.74) is 14.3. The molecule has 1 heterocycles. The molecule has 0 saturated heterocycles. The minimum Gasteiger partial charge on any atom is -0.494 e. The first-order valence-corrected chi connectivity index (χ1v) is 12.9. The quantitative estimate of drug-likeness (QED) is 0.235. The molecule has 4 rings (SSSR count). The molecule has 3 aromatic carbocycles. The number of rotatable bonds is 7. The van der Waals surface area contributed by atoms with Gasteiger partial charge in [-0.15, -0.1) is 11.3 Å². The van der Waals surface area contributed by atoms with E-state index in [0.29, 0.717) is 34.1 Å². The van der Waals surface area contributed by atoms with E-state index in [9.17, 15) is 27.6 Å². The molecule has 0 spiro atoms. The number of nitrogens with zero attached hydrogens (tertiary/aromatic N) is 2. The molecule has 15 heteroatoms. The predicted octanol–water partition coefficient (Wildman–Crippen LogP) is 4.22. The molecule has 0 unspecified atom stereocenters. The number of anilines is 1. The number of methoxy groups -OCH3 is 1. The summed E-state index contributed by atoms with van der Waals surface area (Å²) in [7, 11) is 1.58. The van der Waals surface area contributed by atoms with Gasteiger partial charge in [-0.2, -0.15) is 13.2 Å². The fourth-order valence-corrected chi connectivity index (χ4v) is 4.29. The van der Waals surface area contributed by atoms with Crippen molar-refractivity contribution in [2.75, 3.05) is 18.6 Å². The smallest absolute Gasteiger partial charge is 0.490 e. The highest BCUT2D eigenvalue weighted by atomic mass is 32.1. The van der Waals surface area contributed by atoms with Crippen LogP contribution in [-0.2, 0) is 16.1 Å². The fraction of sp³-hybridized carbons (Fsp3) is 0.179. The molecule has 1 aromatic heterocycles. The number of carboxylic acids is 2. The highest BCUT2D eigenvalue weighted by Crippen LogP contribution is 2.32. The average molecular weight is 621 g/mol. The van der Waals surface area contributed by atoms with Crippen LogP contribution in [0.3, 0.4) is 0 Å². The number of carbonyl (C=O) groups excluding carboxylic acids is 2. The Bertz CT molecular complexity index is 1590. The van der Waals surface area contributed by atoms with Crippen LogP contribution in [-0.4, -0.2) is 58.8 Å². The summed E-state index contributed by atoms with van der Waals surface area (Å²) < 4.78 is 37.9. The number of primary amides is 1. The maximum Gasteiger partial charge on any atom is 0.490 e. The largest absolute Gasteiger partial charge is 0.494 e. The molecule has 6 N–H and O–H groups in total. The number of aryl methyl sites for hydroxylation is 1. The van der Waals surface area contributed by atoms with Gasteiger partial charge >= 0.3 is 18.1 Å². The van der Waals surface area contributed by atoms with Crippen molar-refractivity contribution in [3.05, 3.63) is 88.4 Å². The van der Waals surface area contributed by atoms with E-state index in [0.717, 1.165) is 15.8 Å². The number of hydrogen-bond acceptors (Lipinski definition) is 8. The summed E-state index contributed by atoms with van der Waals surface area (Å²) in [6.45, 7) is 1.89. The molecule has 0 saturated carbocycles. The average Bonchev–Trinajstić information content (AvgIpc) is 3.44. The van der Waals surface area contributed by atoms with Gasteiger partial charge in [-0.25, -0.2) is 9.78 Å². The first kappa shape index (κ1) is 34.2. The van der Waals surface area contributed by atoms with Crippen LogP contribution in [0.4, 0.5) is 18.9 Å². The summed E-state index contributed by atoms with van der Waals surface area (Å²) in [5.74, 6) is -4.02. The van der Waals surface area contributed by atoms with Gasteiger partial charge in [-0.05, 0) is 48.4 Å². The first-order valence-electron chi connectivity index (χ1n) is 12.1. The summed E-state index contributed by atoms with van der Waals surface area (Å²) >= 11 is 1.30. The van der Waals surface area contributed by atoms with Gasteiger partial charge in [-0.1, -0.05) is 36.4 Å². The van der Waals surface area contributed by atoms with Crippen molar-refractivity contribution in [3.63, 3.8) is 0 Å². The standard InChI is InChI=1S/C16H16N2O3.C10H10N2O2S.C2HF3O2/c17-10-12-5-4-8-14(9-12)18(11-15(19)20)16(21)13-6-2-1-3-7-13;1-5-3-4-6(14-2)7-8(5)15-10(12-7)9(11)13;3-2(4,5)1(6)7/h1-9H,10-11,17H2,(H,19,20);3-4H,1-2H3,(H2,11,13);(H,6,7). The van der Waals surface area contributed by atoms with Crippen LogP contribution in [0.5, 0.6) is 5.75 Å². The predicted molar refractivity (Wildman–Crippen MR) is 153 cm³/mol. The number of aromatic nitrogens is 1. The molecule has 0 aliphatic heterocycles. The Morgan fingerprint density at radius 3 is 2.14 bits per heavy atom. The van der Waals surface area contributed by atoms with Crippen molar-refractivity contribution in [2.24, 2.45) is 11.5 Å². The fourth-order valence-electron chi connectivity index (χ4n) is 3.38. The van der Waals surface area contributed by atoms with Crippen molar-refractivity contribution >= 4 is 51.0 Å². The number of amides is 2. The zero-order valence-electron chi connectivity index (χ0n) is 22.8. The van der Waals surface area contributed by atoms with Gasteiger partial charge in [0.1, 0.15) is 17.8 Å². The molecule has 43 heavy (non-hydrogen) atoms. The number of nitrogens with two attached hydrogens (primary N) is 2. The van der Waals surface area contributed by atoms with Crippen LogP contribution in [0.25, 0.3) is 10.2 Å². The second-order valence-corrected chi connectivity index (χ2v) is 9.47. The Hall–Kier alpha value is -5.02. The van der Waals surface area contributed by atoms with Gasteiger partial charge in [0.2, 0.25) is 0 Å². The van der Waals surface area contributed by atoms with Crippen molar-refractivity contribution in [1.29, 1.82) is 0 Å². The molecule has 0 bridgehead atoms. The highest BCUT2D eigenvalue weighted by Gasteiger charge is 2.38. The third-order valence-electron chi connectivity index (χ3n) is 5.39. The molecule has 11 nitrogen and oxygen atoms in total. The number of aliphatic carboxylic acids is 2. The van der Waals surface area contributed by atoms with Crippen LogP contribution in [0.2, 0.25) is 0 Å². The Kier molecular flexibility index (Phi) is 12.1. The molecule has 0 fully saturated rings. The number of carbonyl (C=O) groups is 4. The summed E-state index contributed by atoms with van der Waals surface area (Å²) in [5, 5.41) is 16.5. The van der Waals surface area contributed by atoms with E-state index >= 15 is 0 Å². The molecular weight excluding hydrogens is 593 g/mol. The van der Waals surface area contributed by atoms with E-state index in [-0.39, 0.29) is 5.91 Å². The van der Waals surface area contributed by atoms with Gasteiger partial charge < -0.3 is 26.4 Å². The number of benzene rings is 3. The number of halogens is 3. The maximum absolute atomic E-state index is 12.5. The SMILES string of the molecule is COc1ccc(C)c2sc(C(N)=O)nc12.NCc1cccc(N(CC(=O)O)C(=O)c2ccccc2)c1.O=C(O)C(F)(F)F. The number of hydrogen-bond donors (Lipinski definition) is 4. The zero-order valence-corrected chi connectivity index (χ0v) is 23.6. The van der Waals surface area contributed by atoms with E-state index in [4.69, 9.17) is 31.2 Å². The number of fused-ring (bicyclic) bond motifs is 1. The molecule has 4 aromatic rings. The van der Waals surface area contributed by atoms with Crippen LogP contribution >= 0.6 is 11.3 Å². The molecule has 2 amide bonds. The topological polar surface area (TPSA) is 186 Å². The summed E-state index contributed by atoms with van der Waals surface area (Å²) in [4.78, 5) is 48.9. The Labute approximate surface area is 247 Å². The molecule has 0 aliphatic rings. The second-order valence-electron chi connectivity index (χ2n) is 8.47. The van der Waals surface area contributed by atoms with Crippen LogP contribution in [0, 0.1) is 6.92 Å².